The number of hydrogen-bond donors (Lipinski definition) is 1. The van der Waals surface area contributed by atoms with Gasteiger partial charge in [0.25, 0.3) is 5.91 Å². The summed E-state index contributed by atoms with van der Waals surface area (Å²) in [4.78, 5) is 29.0. The summed E-state index contributed by atoms with van der Waals surface area (Å²) in [5, 5.41) is 4.17. The Labute approximate surface area is 184 Å². The smallest absolute Gasteiger partial charge is 0.341 e. The van der Waals surface area contributed by atoms with Crippen LogP contribution in [0.1, 0.15) is 51.6 Å². The van der Waals surface area contributed by atoms with Crippen LogP contribution in [0.2, 0.25) is 0 Å². The zero-order valence-electron chi connectivity index (χ0n) is 17.9. The van der Waals surface area contributed by atoms with Crippen molar-refractivity contribution in [3.63, 3.8) is 0 Å². The number of fused-ring (bicyclic) bond motifs is 2. The minimum atomic E-state index is -0.431. The Hall–Kier alpha value is -2.84. The van der Waals surface area contributed by atoms with Crippen molar-refractivity contribution in [1.82, 2.24) is 4.90 Å². The number of nitrogens with one attached hydrogen (secondary N) is 1. The molecule has 1 N–H and O–H groups in total. The van der Waals surface area contributed by atoms with E-state index < -0.39 is 11.9 Å². The van der Waals surface area contributed by atoms with E-state index in [1.165, 1.54) is 18.4 Å². The van der Waals surface area contributed by atoms with E-state index in [9.17, 15) is 9.59 Å². The fourth-order valence-corrected chi connectivity index (χ4v) is 5.22. The number of nitrogens with zero attached hydrogens (tertiary/aromatic N) is 1. The first-order chi connectivity index (χ1) is 15.0. The highest BCUT2D eigenvalue weighted by Crippen LogP contribution is 2.38. The molecular formula is C23H26N2O5S. The highest BCUT2D eigenvalue weighted by molar-refractivity contribution is 7.17. The molecule has 3 heterocycles. The molecule has 31 heavy (non-hydrogen) atoms. The molecule has 4 rings (SSSR count). The Kier molecular flexibility index (Phi) is 6.29. The van der Waals surface area contributed by atoms with Crippen LogP contribution in [-0.4, -0.2) is 43.6 Å². The summed E-state index contributed by atoms with van der Waals surface area (Å²) in [7, 11) is 1.36. The van der Waals surface area contributed by atoms with Gasteiger partial charge in [-0.05, 0) is 44.0 Å². The molecule has 1 aliphatic rings. The zero-order chi connectivity index (χ0) is 22.0. The number of para-hydroxylation sites is 1. The SMILES string of the molecule is CCCN1CCc2c(sc(NC(=O)c3cc4cccc(OCC)c4o3)c2C(=O)OC)C1. The number of thiophene rings is 1. The lowest BCUT2D eigenvalue weighted by Crippen LogP contribution is -2.30. The quantitative estimate of drug-likeness (QED) is 0.534. The summed E-state index contributed by atoms with van der Waals surface area (Å²) in [5.74, 6) is -0.0818. The van der Waals surface area contributed by atoms with E-state index in [0.29, 0.717) is 28.5 Å². The number of methoxy groups -OCH3 is 1. The van der Waals surface area contributed by atoms with Gasteiger partial charge in [-0.1, -0.05) is 19.1 Å². The fourth-order valence-electron chi connectivity index (χ4n) is 3.95. The van der Waals surface area contributed by atoms with Crippen LogP contribution >= 0.6 is 11.3 Å². The minimum absolute atomic E-state index is 0.164. The number of ether oxygens (including phenoxy) is 2. The second-order valence-corrected chi connectivity index (χ2v) is 8.50. The molecule has 0 saturated heterocycles. The van der Waals surface area contributed by atoms with Crippen molar-refractivity contribution in [1.29, 1.82) is 0 Å². The van der Waals surface area contributed by atoms with Crippen LogP contribution in [-0.2, 0) is 17.7 Å². The topological polar surface area (TPSA) is 81.0 Å². The van der Waals surface area contributed by atoms with E-state index in [-0.39, 0.29) is 5.76 Å². The number of carbonyl (C=O) groups is 2. The predicted molar refractivity (Wildman–Crippen MR) is 120 cm³/mol. The van der Waals surface area contributed by atoms with Crippen molar-refractivity contribution >= 4 is 39.2 Å². The van der Waals surface area contributed by atoms with Crippen LogP contribution in [0.3, 0.4) is 0 Å². The maximum absolute atomic E-state index is 13.0. The highest BCUT2D eigenvalue weighted by Gasteiger charge is 2.29. The summed E-state index contributed by atoms with van der Waals surface area (Å²) in [6.07, 6.45) is 1.83. The van der Waals surface area contributed by atoms with Crippen LogP contribution < -0.4 is 10.1 Å². The number of rotatable bonds is 7. The van der Waals surface area contributed by atoms with Gasteiger partial charge in [-0.2, -0.15) is 0 Å². The number of amides is 1. The monoisotopic (exact) mass is 442 g/mol. The maximum atomic E-state index is 13.0. The van der Waals surface area contributed by atoms with E-state index >= 15 is 0 Å². The summed E-state index contributed by atoms with van der Waals surface area (Å²) < 4.78 is 16.4. The largest absolute Gasteiger partial charge is 0.490 e. The van der Waals surface area contributed by atoms with Crippen LogP contribution in [0.25, 0.3) is 11.0 Å². The van der Waals surface area contributed by atoms with Crippen molar-refractivity contribution in [3.8, 4) is 5.75 Å². The molecule has 1 aromatic carbocycles. The normalized spacial score (nSPS) is 13.8. The van der Waals surface area contributed by atoms with Gasteiger partial charge in [-0.25, -0.2) is 4.79 Å². The molecule has 0 unspecified atom stereocenters. The second kappa shape index (κ2) is 9.11. The van der Waals surface area contributed by atoms with Crippen LogP contribution in [0.5, 0.6) is 5.75 Å². The first-order valence-electron chi connectivity index (χ1n) is 10.5. The number of benzene rings is 1. The molecule has 0 radical (unpaired) electrons. The van der Waals surface area contributed by atoms with E-state index in [0.717, 1.165) is 48.3 Å². The first kappa shape index (κ1) is 21.4. The van der Waals surface area contributed by atoms with Gasteiger partial charge in [0.15, 0.2) is 17.1 Å². The van der Waals surface area contributed by atoms with Crippen molar-refractivity contribution in [2.75, 3.05) is 32.1 Å². The molecule has 8 heteroatoms. The third-order valence-corrected chi connectivity index (χ3v) is 6.46. The van der Waals surface area contributed by atoms with Gasteiger partial charge in [-0.15, -0.1) is 11.3 Å². The molecule has 0 fully saturated rings. The number of carbonyl (C=O) groups excluding carboxylic acids is 2. The number of anilines is 1. The van der Waals surface area contributed by atoms with E-state index in [2.05, 4.69) is 17.1 Å². The summed E-state index contributed by atoms with van der Waals surface area (Å²) in [6.45, 7) is 7.21. The predicted octanol–water partition coefficient (Wildman–Crippen LogP) is 4.70. The maximum Gasteiger partial charge on any atom is 0.341 e. The molecule has 1 aliphatic heterocycles. The molecular weight excluding hydrogens is 416 g/mol. The van der Waals surface area contributed by atoms with Crippen molar-refractivity contribution in [2.24, 2.45) is 0 Å². The van der Waals surface area contributed by atoms with Crippen molar-refractivity contribution in [3.05, 3.63) is 46.0 Å². The number of hydrogen-bond acceptors (Lipinski definition) is 7. The van der Waals surface area contributed by atoms with E-state index in [1.54, 1.807) is 6.07 Å². The fraction of sp³-hybridized carbons (Fsp3) is 0.391. The van der Waals surface area contributed by atoms with Gasteiger partial charge >= 0.3 is 5.97 Å². The van der Waals surface area contributed by atoms with Crippen LogP contribution in [0.4, 0.5) is 5.00 Å². The molecule has 3 aromatic rings. The lowest BCUT2D eigenvalue weighted by atomic mass is 10.0. The van der Waals surface area contributed by atoms with Gasteiger partial charge in [-0.3, -0.25) is 9.69 Å². The highest BCUT2D eigenvalue weighted by atomic mass is 32.1. The van der Waals surface area contributed by atoms with Crippen LogP contribution in [0, 0.1) is 0 Å². The summed E-state index contributed by atoms with van der Waals surface area (Å²) >= 11 is 1.44. The molecule has 0 spiro atoms. The Bertz CT molecular complexity index is 1120. The van der Waals surface area contributed by atoms with Gasteiger partial charge in [0, 0.05) is 23.4 Å². The van der Waals surface area contributed by atoms with Crippen molar-refractivity contribution < 1.29 is 23.5 Å². The molecule has 1 amide bonds. The lowest BCUT2D eigenvalue weighted by molar-refractivity contribution is 0.0600. The number of esters is 1. The third kappa shape index (κ3) is 4.18. The van der Waals surface area contributed by atoms with Gasteiger partial charge in [0.2, 0.25) is 0 Å². The van der Waals surface area contributed by atoms with E-state index in [1.807, 2.05) is 25.1 Å². The Morgan fingerprint density at radius 3 is 2.87 bits per heavy atom. The molecule has 2 aromatic heterocycles. The Balaban J connectivity index is 1.64. The summed E-state index contributed by atoms with van der Waals surface area (Å²) in [6, 6.07) is 7.21. The van der Waals surface area contributed by atoms with Gasteiger partial charge < -0.3 is 19.2 Å². The molecule has 0 atom stereocenters. The molecule has 0 bridgehead atoms. The average molecular weight is 443 g/mol. The summed E-state index contributed by atoms with van der Waals surface area (Å²) in [5.41, 5.74) is 1.96. The first-order valence-corrected chi connectivity index (χ1v) is 11.3. The molecule has 164 valence electrons. The molecule has 7 nitrogen and oxygen atoms in total. The lowest BCUT2D eigenvalue weighted by Gasteiger charge is -2.26. The Morgan fingerprint density at radius 2 is 2.13 bits per heavy atom. The molecule has 0 saturated carbocycles. The van der Waals surface area contributed by atoms with E-state index in [4.69, 9.17) is 13.9 Å². The van der Waals surface area contributed by atoms with Crippen LogP contribution in [0.15, 0.2) is 28.7 Å². The van der Waals surface area contributed by atoms with Crippen molar-refractivity contribution in [2.45, 2.75) is 33.2 Å². The number of furan rings is 1. The van der Waals surface area contributed by atoms with Gasteiger partial charge in [0.1, 0.15) is 5.00 Å². The molecule has 0 aliphatic carbocycles. The Morgan fingerprint density at radius 1 is 1.29 bits per heavy atom. The van der Waals surface area contributed by atoms with Gasteiger partial charge in [0.05, 0.1) is 19.3 Å². The minimum Gasteiger partial charge on any atom is -0.490 e. The zero-order valence-corrected chi connectivity index (χ0v) is 18.8. The standard InChI is InChI=1S/C23H26N2O5S/c1-4-10-25-11-9-15-18(13-25)31-22(19(15)23(27)28-3)24-21(26)17-12-14-7-6-8-16(29-5-2)20(14)30-17/h6-8,12H,4-5,9-11,13H2,1-3H3,(H,24,26). The third-order valence-electron chi connectivity index (χ3n) is 5.32. The average Bonchev–Trinajstić information content (AvgIpc) is 3.35. The second-order valence-electron chi connectivity index (χ2n) is 7.40.